The second-order valence-corrected chi connectivity index (χ2v) is 6.15. The van der Waals surface area contributed by atoms with Crippen molar-refractivity contribution in [1.29, 1.82) is 0 Å². The van der Waals surface area contributed by atoms with Gasteiger partial charge in [0.1, 0.15) is 5.76 Å². The van der Waals surface area contributed by atoms with E-state index in [4.69, 9.17) is 4.42 Å². The number of fused-ring (bicyclic) bond motifs is 1. The average Bonchev–Trinajstić information content (AvgIpc) is 3.21. The van der Waals surface area contributed by atoms with E-state index in [0.717, 1.165) is 24.4 Å². The Morgan fingerprint density at radius 1 is 1.00 bits per heavy atom. The quantitative estimate of drug-likeness (QED) is 0.770. The highest BCUT2D eigenvalue weighted by atomic mass is 16.3. The summed E-state index contributed by atoms with van der Waals surface area (Å²) in [5, 5.41) is 1.32. The maximum Gasteiger partial charge on any atom is 0.150 e. The molecule has 1 fully saturated rings. The molecule has 3 aromatic rings. The Morgan fingerprint density at radius 2 is 1.86 bits per heavy atom. The molecule has 0 spiro atoms. The molecule has 3 heteroatoms. The van der Waals surface area contributed by atoms with Crippen LogP contribution >= 0.6 is 0 Å². The lowest BCUT2D eigenvalue weighted by molar-refractivity contribution is 0.231. The summed E-state index contributed by atoms with van der Waals surface area (Å²) in [5.74, 6) is 0.935. The molecule has 0 bridgehead atoms. The molecule has 0 saturated carbocycles. The van der Waals surface area contributed by atoms with E-state index in [0.29, 0.717) is 0 Å². The summed E-state index contributed by atoms with van der Waals surface area (Å²) < 4.78 is 5.64. The molecule has 2 aromatic heterocycles. The van der Waals surface area contributed by atoms with Gasteiger partial charge in [-0.15, -0.1) is 0 Å². The van der Waals surface area contributed by atoms with Crippen molar-refractivity contribution < 1.29 is 4.42 Å². The summed E-state index contributed by atoms with van der Waals surface area (Å²) in [5.41, 5.74) is 3.72. The highest BCUT2D eigenvalue weighted by Gasteiger charge is 2.16. The number of nitrogens with one attached hydrogen (secondary N) is 1. The van der Waals surface area contributed by atoms with Crippen LogP contribution in [0.3, 0.4) is 0 Å². The van der Waals surface area contributed by atoms with Gasteiger partial charge in [-0.3, -0.25) is 0 Å². The smallest absolute Gasteiger partial charge is 0.150 e. The highest BCUT2D eigenvalue weighted by Crippen LogP contribution is 2.31. The first-order chi connectivity index (χ1) is 10.9. The SMILES string of the molecule is c1coc(-c2[nH]c3ccccc3c2CCN2CCCCC2)c1. The number of aromatic amines is 1. The third kappa shape index (κ3) is 2.57. The molecule has 1 N–H and O–H groups in total. The zero-order chi connectivity index (χ0) is 14.8. The number of rotatable bonds is 4. The maximum absolute atomic E-state index is 5.64. The van der Waals surface area contributed by atoms with Crippen LogP contribution in [0, 0.1) is 0 Å². The fourth-order valence-corrected chi connectivity index (χ4v) is 3.54. The predicted octanol–water partition coefficient (Wildman–Crippen LogP) is 4.46. The molecular weight excluding hydrogens is 272 g/mol. The van der Waals surface area contributed by atoms with Gasteiger partial charge in [-0.25, -0.2) is 0 Å². The van der Waals surface area contributed by atoms with Gasteiger partial charge in [0.15, 0.2) is 0 Å². The molecule has 3 nitrogen and oxygen atoms in total. The monoisotopic (exact) mass is 294 g/mol. The number of hydrogen-bond donors (Lipinski definition) is 1. The molecule has 1 saturated heterocycles. The first kappa shape index (κ1) is 13.6. The number of benzene rings is 1. The molecule has 1 aliphatic heterocycles. The van der Waals surface area contributed by atoms with E-state index in [2.05, 4.69) is 34.1 Å². The zero-order valence-corrected chi connectivity index (χ0v) is 12.8. The molecule has 0 aliphatic carbocycles. The van der Waals surface area contributed by atoms with E-state index < -0.39 is 0 Å². The van der Waals surface area contributed by atoms with Crippen LogP contribution in [-0.2, 0) is 6.42 Å². The van der Waals surface area contributed by atoms with Gasteiger partial charge in [0.25, 0.3) is 0 Å². The van der Waals surface area contributed by atoms with Gasteiger partial charge in [0, 0.05) is 17.4 Å². The second kappa shape index (κ2) is 6.01. The van der Waals surface area contributed by atoms with Gasteiger partial charge >= 0.3 is 0 Å². The molecule has 4 rings (SSSR count). The number of H-pyrrole nitrogens is 1. The molecule has 114 valence electrons. The molecule has 0 amide bonds. The van der Waals surface area contributed by atoms with Crippen molar-refractivity contribution in [3.05, 3.63) is 48.2 Å². The predicted molar refractivity (Wildman–Crippen MR) is 90.0 cm³/mol. The molecule has 1 aromatic carbocycles. The first-order valence-electron chi connectivity index (χ1n) is 8.27. The summed E-state index contributed by atoms with van der Waals surface area (Å²) in [6.07, 6.45) is 6.90. The third-order valence-electron chi connectivity index (χ3n) is 4.71. The second-order valence-electron chi connectivity index (χ2n) is 6.15. The Labute approximate surface area is 130 Å². The summed E-state index contributed by atoms with van der Waals surface area (Å²) in [7, 11) is 0. The maximum atomic E-state index is 5.64. The molecule has 0 radical (unpaired) electrons. The molecule has 0 atom stereocenters. The zero-order valence-electron chi connectivity index (χ0n) is 12.8. The Kier molecular flexibility index (Phi) is 3.73. The third-order valence-corrected chi connectivity index (χ3v) is 4.71. The first-order valence-corrected chi connectivity index (χ1v) is 8.27. The minimum absolute atomic E-state index is 0.935. The van der Waals surface area contributed by atoms with Crippen molar-refractivity contribution >= 4 is 10.9 Å². The number of piperidine rings is 1. The van der Waals surface area contributed by atoms with Crippen LogP contribution in [0.4, 0.5) is 0 Å². The van der Waals surface area contributed by atoms with Crippen LogP contribution in [0.1, 0.15) is 24.8 Å². The van der Waals surface area contributed by atoms with Crippen molar-refractivity contribution in [3.8, 4) is 11.5 Å². The highest BCUT2D eigenvalue weighted by molar-refractivity contribution is 5.89. The van der Waals surface area contributed by atoms with Gasteiger partial charge in [-0.2, -0.15) is 0 Å². The number of aromatic nitrogens is 1. The largest absolute Gasteiger partial charge is 0.463 e. The van der Waals surface area contributed by atoms with Crippen LogP contribution in [0.25, 0.3) is 22.4 Å². The van der Waals surface area contributed by atoms with Gasteiger partial charge in [-0.05, 0) is 56.1 Å². The van der Waals surface area contributed by atoms with Crippen molar-refractivity contribution in [3.63, 3.8) is 0 Å². The fraction of sp³-hybridized carbons (Fsp3) is 0.368. The Hall–Kier alpha value is -2.00. The normalized spacial score (nSPS) is 16.4. The lowest BCUT2D eigenvalue weighted by Crippen LogP contribution is -2.31. The van der Waals surface area contributed by atoms with Gasteiger partial charge in [-0.1, -0.05) is 24.6 Å². The van der Waals surface area contributed by atoms with Crippen molar-refractivity contribution in [1.82, 2.24) is 9.88 Å². The average molecular weight is 294 g/mol. The molecular formula is C19H22N2O. The van der Waals surface area contributed by atoms with Crippen LogP contribution in [-0.4, -0.2) is 29.5 Å². The molecule has 1 aliphatic rings. The van der Waals surface area contributed by atoms with Crippen molar-refractivity contribution in [2.24, 2.45) is 0 Å². The number of furan rings is 1. The van der Waals surface area contributed by atoms with Crippen LogP contribution in [0.5, 0.6) is 0 Å². The van der Waals surface area contributed by atoms with E-state index in [-0.39, 0.29) is 0 Å². The molecule has 3 heterocycles. The number of para-hydroxylation sites is 1. The summed E-state index contributed by atoms with van der Waals surface area (Å²) in [6, 6.07) is 12.5. The lowest BCUT2D eigenvalue weighted by atomic mass is 10.0. The number of likely N-dealkylation sites (tertiary alicyclic amines) is 1. The van der Waals surface area contributed by atoms with E-state index in [1.54, 1.807) is 6.26 Å². The summed E-state index contributed by atoms with van der Waals surface area (Å²) >= 11 is 0. The topological polar surface area (TPSA) is 32.2 Å². The van der Waals surface area contributed by atoms with Crippen LogP contribution in [0.15, 0.2) is 47.1 Å². The van der Waals surface area contributed by atoms with Crippen molar-refractivity contribution in [2.45, 2.75) is 25.7 Å². The van der Waals surface area contributed by atoms with E-state index in [1.807, 2.05) is 12.1 Å². The van der Waals surface area contributed by atoms with Crippen LogP contribution in [0.2, 0.25) is 0 Å². The molecule has 0 unspecified atom stereocenters. The minimum atomic E-state index is 0.935. The Bertz CT molecular complexity index is 736. The fourth-order valence-electron chi connectivity index (χ4n) is 3.54. The number of nitrogens with zero attached hydrogens (tertiary/aromatic N) is 1. The lowest BCUT2D eigenvalue weighted by Gasteiger charge is -2.26. The van der Waals surface area contributed by atoms with Gasteiger partial charge in [0.05, 0.1) is 12.0 Å². The van der Waals surface area contributed by atoms with Gasteiger partial charge in [0.2, 0.25) is 0 Å². The van der Waals surface area contributed by atoms with E-state index in [1.165, 1.54) is 48.8 Å². The van der Waals surface area contributed by atoms with Crippen molar-refractivity contribution in [2.75, 3.05) is 19.6 Å². The van der Waals surface area contributed by atoms with E-state index in [9.17, 15) is 0 Å². The molecule has 22 heavy (non-hydrogen) atoms. The van der Waals surface area contributed by atoms with Crippen LogP contribution < -0.4 is 0 Å². The van der Waals surface area contributed by atoms with E-state index >= 15 is 0 Å². The Morgan fingerprint density at radius 3 is 2.68 bits per heavy atom. The minimum Gasteiger partial charge on any atom is -0.463 e. The standard InChI is InChI=1S/C19H22N2O/c1-4-11-21(12-5-1)13-10-16-15-7-2-3-8-17(15)20-19(16)18-9-6-14-22-18/h2-3,6-9,14,20H,1,4-5,10-13H2. The summed E-state index contributed by atoms with van der Waals surface area (Å²) in [6.45, 7) is 3.63. The Balaban J connectivity index is 1.66. The summed E-state index contributed by atoms with van der Waals surface area (Å²) in [4.78, 5) is 6.14. The van der Waals surface area contributed by atoms with Gasteiger partial charge < -0.3 is 14.3 Å². The number of hydrogen-bond acceptors (Lipinski definition) is 2.